The fourth-order valence-electron chi connectivity index (χ4n) is 3.20. The van der Waals surface area contributed by atoms with Crippen LogP contribution in [0.5, 0.6) is 0 Å². The average Bonchev–Trinajstić information content (AvgIpc) is 2.95. The Labute approximate surface area is 137 Å². The average molecular weight is 329 g/mol. The standard InChI is InChI=1S/C15H24N4O2.ClH/c1-2-6-12(20)19-10-4-3-7-11(19)13-17-14(18-21-13)15(16)8-5-9-15;/h11H,2-10,16H2,1H3;1H. The smallest absolute Gasteiger partial charge is 0.249 e. The summed E-state index contributed by atoms with van der Waals surface area (Å²) < 4.78 is 5.45. The molecule has 1 aromatic rings. The fourth-order valence-corrected chi connectivity index (χ4v) is 3.20. The number of rotatable bonds is 4. The van der Waals surface area contributed by atoms with E-state index in [0.29, 0.717) is 18.1 Å². The maximum atomic E-state index is 12.3. The zero-order valence-electron chi connectivity index (χ0n) is 13.1. The van der Waals surface area contributed by atoms with Crippen LogP contribution in [0.4, 0.5) is 0 Å². The molecule has 3 rings (SSSR count). The van der Waals surface area contributed by atoms with Crippen molar-refractivity contribution in [1.29, 1.82) is 0 Å². The first-order valence-electron chi connectivity index (χ1n) is 8.06. The van der Waals surface area contributed by atoms with Gasteiger partial charge >= 0.3 is 0 Å². The third-order valence-electron chi connectivity index (χ3n) is 4.70. The number of piperidine rings is 1. The third kappa shape index (κ3) is 3.13. The summed E-state index contributed by atoms with van der Waals surface area (Å²) in [6.45, 7) is 2.81. The first-order valence-corrected chi connectivity index (χ1v) is 8.06. The molecule has 0 spiro atoms. The number of carbonyl (C=O) groups is 1. The van der Waals surface area contributed by atoms with Crippen molar-refractivity contribution >= 4 is 18.3 Å². The van der Waals surface area contributed by atoms with E-state index in [1.807, 2.05) is 11.8 Å². The first kappa shape index (κ1) is 17.2. The predicted octanol–water partition coefficient (Wildman–Crippen LogP) is 2.68. The quantitative estimate of drug-likeness (QED) is 0.918. The molecule has 1 aliphatic carbocycles. The van der Waals surface area contributed by atoms with Gasteiger partial charge in [-0.25, -0.2) is 0 Å². The van der Waals surface area contributed by atoms with Crippen molar-refractivity contribution in [2.24, 2.45) is 5.73 Å². The minimum atomic E-state index is -0.408. The van der Waals surface area contributed by atoms with Crippen molar-refractivity contribution in [3.8, 4) is 0 Å². The van der Waals surface area contributed by atoms with Gasteiger partial charge in [0.1, 0.15) is 6.04 Å². The van der Waals surface area contributed by atoms with Crippen molar-refractivity contribution in [3.05, 3.63) is 11.7 Å². The lowest BCUT2D eigenvalue weighted by atomic mass is 9.77. The van der Waals surface area contributed by atoms with E-state index >= 15 is 0 Å². The van der Waals surface area contributed by atoms with Crippen LogP contribution in [0.3, 0.4) is 0 Å². The molecular weight excluding hydrogens is 304 g/mol. The molecule has 1 saturated carbocycles. The van der Waals surface area contributed by atoms with E-state index in [4.69, 9.17) is 10.3 Å². The SMILES string of the molecule is CCCC(=O)N1CCCCC1c1nc(C2(N)CCC2)no1.Cl. The van der Waals surface area contributed by atoms with E-state index in [0.717, 1.165) is 51.5 Å². The zero-order chi connectivity index (χ0) is 14.9. The van der Waals surface area contributed by atoms with Gasteiger partial charge in [-0.3, -0.25) is 4.79 Å². The molecule has 1 aromatic heterocycles. The van der Waals surface area contributed by atoms with Gasteiger partial charge in [-0.1, -0.05) is 12.1 Å². The van der Waals surface area contributed by atoms with Crippen LogP contribution >= 0.6 is 12.4 Å². The Hall–Kier alpha value is -1.14. The van der Waals surface area contributed by atoms with E-state index in [1.54, 1.807) is 0 Å². The zero-order valence-corrected chi connectivity index (χ0v) is 13.9. The second kappa shape index (κ2) is 6.96. The van der Waals surface area contributed by atoms with Crippen LogP contribution in [0.2, 0.25) is 0 Å². The van der Waals surface area contributed by atoms with Gasteiger partial charge < -0.3 is 15.2 Å². The van der Waals surface area contributed by atoms with Crippen LogP contribution in [-0.4, -0.2) is 27.5 Å². The monoisotopic (exact) mass is 328 g/mol. The Morgan fingerprint density at radius 3 is 2.82 bits per heavy atom. The Morgan fingerprint density at radius 1 is 1.41 bits per heavy atom. The lowest BCUT2D eigenvalue weighted by Gasteiger charge is -2.35. The highest BCUT2D eigenvalue weighted by molar-refractivity contribution is 5.85. The Kier molecular flexibility index (Phi) is 5.45. The number of hydrogen-bond acceptors (Lipinski definition) is 5. The Morgan fingerprint density at radius 2 is 2.18 bits per heavy atom. The highest BCUT2D eigenvalue weighted by Crippen LogP contribution is 2.38. The number of hydrogen-bond donors (Lipinski definition) is 1. The second-order valence-corrected chi connectivity index (χ2v) is 6.31. The van der Waals surface area contributed by atoms with E-state index in [9.17, 15) is 4.79 Å². The molecule has 1 aliphatic heterocycles. The topological polar surface area (TPSA) is 85.2 Å². The summed E-state index contributed by atoms with van der Waals surface area (Å²) in [5.74, 6) is 1.36. The molecular formula is C15H25ClN4O2. The van der Waals surface area contributed by atoms with Gasteiger partial charge in [0.15, 0.2) is 5.82 Å². The van der Waals surface area contributed by atoms with Gasteiger partial charge in [-0.2, -0.15) is 4.98 Å². The molecule has 0 bridgehead atoms. The minimum Gasteiger partial charge on any atom is -0.337 e. The van der Waals surface area contributed by atoms with Crippen LogP contribution in [0.25, 0.3) is 0 Å². The lowest BCUT2D eigenvalue weighted by Crippen LogP contribution is -2.44. The predicted molar refractivity (Wildman–Crippen MR) is 84.5 cm³/mol. The maximum Gasteiger partial charge on any atom is 0.249 e. The number of nitrogens with two attached hydrogens (primary N) is 1. The fraction of sp³-hybridized carbons (Fsp3) is 0.800. The summed E-state index contributed by atoms with van der Waals surface area (Å²) in [6.07, 6.45) is 7.42. The van der Waals surface area contributed by atoms with E-state index in [2.05, 4.69) is 10.1 Å². The van der Waals surface area contributed by atoms with E-state index in [1.165, 1.54) is 0 Å². The first-order chi connectivity index (χ1) is 10.1. The van der Waals surface area contributed by atoms with Crippen molar-refractivity contribution in [2.45, 2.75) is 69.9 Å². The van der Waals surface area contributed by atoms with Gasteiger partial charge in [0.2, 0.25) is 11.8 Å². The number of carbonyl (C=O) groups excluding carboxylic acids is 1. The van der Waals surface area contributed by atoms with Crippen LogP contribution in [0, 0.1) is 0 Å². The number of halogens is 1. The normalized spacial score (nSPS) is 23.5. The molecule has 2 fully saturated rings. The van der Waals surface area contributed by atoms with Crippen LogP contribution in [0.1, 0.15) is 76.0 Å². The molecule has 6 nitrogen and oxygen atoms in total. The van der Waals surface area contributed by atoms with Crippen LogP contribution in [-0.2, 0) is 10.3 Å². The molecule has 2 heterocycles. The molecule has 7 heteroatoms. The van der Waals surface area contributed by atoms with Crippen molar-refractivity contribution in [1.82, 2.24) is 15.0 Å². The van der Waals surface area contributed by atoms with Gasteiger partial charge in [-0.15, -0.1) is 12.4 Å². The molecule has 0 radical (unpaired) electrons. The number of likely N-dealkylation sites (tertiary alicyclic amines) is 1. The summed E-state index contributed by atoms with van der Waals surface area (Å²) in [6, 6.07) is -0.0669. The minimum absolute atomic E-state index is 0. The molecule has 1 atom stereocenters. The van der Waals surface area contributed by atoms with Crippen molar-refractivity contribution < 1.29 is 9.32 Å². The van der Waals surface area contributed by atoms with E-state index in [-0.39, 0.29) is 24.4 Å². The molecule has 2 N–H and O–H groups in total. The third-order valence-corrected chi connectivity index (χ3v) is 4.70. The highest BCUT2D eigenvalue weighted by Gasteiger charge is 2.40. The number of aromatic nitrogens is 2. The summed E-state index contributed by atoms with van der Waals surface area (Å²) in [7, 11) is 0. The van der Waals surface area contributed by atoms with Crippen LogP contribution < -0.4 is 5.73 Å². The van der Waals surface area contributed by atoms with Gasteiger partial charge in [0.05, 0.1) is 5.54 Å². The number of amides is 1. The summed E-state index contributed by atoms with van der Waals surface area (Å²) in [4.78, 5) is 18.7. The Balaban J connectivity index is 0.00000176. The van der Waals surface area contributed by atoms with Gasteiger partial charge in [0.25, 0.3) is 0 Å². The number of nitrogens with zero attached hydrogens (tertiary/aromatic N) is 3. The largest absolute Gasteiger partial charge is 0.337 e. The second-order valence-electron chi connectivity index (χ2n) is 6.31. The van der Waals surface area contributed by atoms with Gasteiger partial charge in [0, 0.05) is 13.0 Å². The molecule has 1 amide bonds. The molecule has 124 valence electrons. The lowest BCUT2D eigenvalue weighted by molar-refractivity contribution is -0.135. The molecule has 22 heavy (non-hydrogen) atoms. The summed E-state index contributed by atoms with van der Waals surface area (Å²) in [5.41, 5.74) is 5.84. The van der Waals surface area contributed by atoms with Crippen LogP contribution in [0.15, 0.2) is 4.52 Å². The van der Waals surface area contributed by atoms with Crippen molar-refractivity contribution in [3.63, 3.8) is 0 Å². The van der Waals surface area contributed by atoms with Crippen molar-refractivity contribution in [2.75, 3.05) is 6.54 Å². The Bertz CT molecular complexity index is 515. The highest BCUT2D eigenvalue weighted by atomic mass is 35.5. The molecule has 2 aliphatic rings. The molecule has 1 unspecified atom stereocenters. The summed E-state index contributed by atoms with van der Waals surface area (Å²) in [5, 5.41) is 4.08. The molecule has 0 aromatic carbocycles. The maximum absolute atomic E-state index is 12.3. The van der Waals surface area contributed by atoms with E-state index < -0.39 is 5.54 Å². The summed E-state index contributed by atoms with van der Waals surface area (Å²) >= 11 is 0. The van der Waals surface area contributed by atoms with Gasteiger partial charge in [-0.05, 0) is 44.9 Å². The molecule has 1 saturated heterocycles.